The van der Waals surface area contributed by atoms with E-state index in [2.05, 4.69) is 15.9 Å². The Morgan fingerprint density at radius 2 is 2.00 bits per heavy atom. The van der Waals surface area contributed by atoms with Crippen LogP contribution in [0.15, 0.2) is 46.9 Å². The largest absolute Gasteiger partial charge is 0.384 e. The molecule has 0 aliphatic rings. The summed E-state index contributed by atoms with van der Waals surface area (Å²) in [7, 11) is 1.91. The summed E-state index contributed by atoms with van der Waals surface area (Å²) in [5.41, 5.74) is 7.95. The summed E-state index contributed by atoms with van der Waals surface area (Å²) in [6.45, 7) is 0.555. The maximum atomic E-state index is 13.5. The number of nitrogens with zero attached hydrogens (tertiary/aromatic N) is 1. The van der Waals surface area contributed by atoms with Crippen molar-refractivity contribution in [3.63, 3.8) is 0 Å². The Balaban J connectivity index is 2.24. The van der Waals surface area contributed by atoms with E-state index in [0.717, 1.165) is 11.3 Å². The summed E-state index contributed by atoms with van der Waals surface area (Å²) in [5.74, 6) is -0.236. The third-order valence-electron chi connectivity index (χ3n) is 3.04. The minimum absolute atomic E-state index is 0.0344. The molecule has 0 unspecified atom stereocenters. The first-order valence-electron chi connectivity index (χ1n) is 6.07. The zero-order valence-electron chi connectivity index (χ0n) is 11.0. The molecule has 0 fully saturated rings. The van der Waals surface area contributed by atoms with Gasteiger partial charge in [-0.3, -0.25) is 5.41 Å². The number of nitrogens with one attached hydrogen (secondary N) is 1. The molecule has 0 aliphatic heterocycles. The highest BCUT2D eigenvalue weighted by Gasteiger charge is 2.09. The number of rotatable bonds is 4. The van der Waals surface area contributed by atoms with Gasteiger partial charge >= 0.3 is 0 Å². The highest BCUT2D eigenvalue weighted by atomic mass is 79.9. The van der Waals surface area contributed by atoms with Gasteiger partial charge in [0.25, 0.3) is 0 Å². The quantitative estimate of drug-likeness (QED) is 0.663. The normalized spacial score (nSPS) is 10.3. The zero-order valence-corrected chi connectivity index (χ0v) is 12.6. The van der Waals surface area contributed by atoms with Crippen LogP contribution in [0.1, 0.15) is 11.1 Å². The fourth-order valence-corrected chi connectivity index (χ4v) is 2.32. The zero-order chi connectivity index (χ0) is 14.7. The lowest BCUT2D eigenvalue weighted by Gasteiger charge is -2.21. The predicted molar refractivity (Wildman–Crippen MR) is 83.7 cm³/mol. The number of hydrogen-bond donors (Lipinski definition) is 2. The molecule has 3 nitrogen and oxygen atoms in total. The Hall–Kier alpha value is -1.88. The Labute approximate surface area is 125 Å². The van der Waals surface area contributed by atoms with Crippen molar-refractivity contribution in [2.24, 2.45) is 5.73 Å². The summed E-state index contributed by atoms with van der Waals surface area (Å²) in [5, 5.41) is 7.46. The lowest BCUT2D eigenvalue weighted by Crippen LogP contribution is -2.18. The second-order valence-corrected chi connectivity index (χ2v) is 5.33. The molecule has 3 N–H and O–H groups in total. The standard InChI is InChI=1S/C15H15BrFN3/c1-20(9-11-5-3-7-13(17)14(11)16)12-6-2-4-10(8-12)15(18)19/h2-8H,9H2,1H3,(H3,18,19). The maximum Gasteiger partial charge on any atom is 0.137 e. The van der Waals surface area contributed by atoms with E-state index in [1.54, 1.807) is 12.1 Å². The van der Waals surface area contributed by atoms with Gasteiger partial charge in [-0.25, -0.2) is 4.39 Å². The van der Waals surface area contributed by atoms with Crippen LogP contribution in [-0.2, 0) is 6.54 Å². The SMILES string of the molecule is CN(Cc1cccc(F)c1Br)c1cccc(C(=N)N)c1. The van der Waals surface area contributed by atoms with E-state index in [1.165, 1.54) is 6.07 Å². The van der Waals surface area contributed by atoms with E-state index in [0.29, 0.717) is 16.6 Å². The van der Waals surface area contributed by atoms with Gasteiger partial charge in [0, 0.05) is 24.8 Å². The predicted octanol–water partition coefficient (Wildman–Crippen LogP) is 3.51. The number of hydrogen-bond acceptors (Lipinski definition) is 2. The monoisotopic (exact) mass is 335 g/mol. The van der Waals surface area contributed by atoms with Crippen molar-refractivity contribution < 1.29 is 4.39 Å². The number of nitrogen functional groups attached to an aromatic ring is 1. The van der Waals surface area contributed by atoms with Gasteiger partial charge in [-0.05, 0) is 39.7 Å². The average Bonchev–Trinajstić information content (AvgIpc) is 2.44. The fraction of sp³-hybridized carbons (Fsp3) is 0.133. The van der Waals surface area contributed by atoms with Gasteiger partial charge in [0.05, 0.1) is 4.47 Å². The summed E-state index contributed by atoms with van der Waals surface area (Å²) < 4.78 is 14.0. The molecule has 0 radical (unpaired) electrons. The van der Waals surface area contributed by atoms with Crippen molar-refractivity contribution in [1.82, 2.24) is 0 Å². The third-order valence-corrected chi connectivity index (χ3v) is 3.93. The van der Waals surface area contributed by atoms with Crippen molar-refractivity contribution in [1.29, 1.82) is 5.41 Å². The van der Waals surface area contributed by atoms with Crippen LogP contribution < -0.4 is 10.6 Å². The topological polar surface area (TPSA) is 53.1 Å². The van der Waals surface area contributed by atoms with Gasteiger partial charge in [0.15, 0.2) is 0 Å². The van der Waals surface area contributed by atoms with Gasteiger partial charge in [-0.15, -0.1) is 0 Å². The maximum absolute atomic E-state index is 13.5. The Morgan fingerprint density at radius 3 is 2.70 bits per heavy atom. The molecule has 0 spiro atoms. The van der Waals surface area contributed by atoms with Crippen LogP contribution in [0.25, 0.3) is 0 Å². The molecule has 104 valence electrons. The minimum Gasteiger partial charge on any atom is -0.384 e. The van der Waals surface area contributed by atoms with Crippen molar-refractivity contribution in [2.45, 2.75) is 6.54 Å². The first kappa shape index (κ1) is 14.5. The van der Waals surface area contributed by atoms with E-state index in [-0.39, 0.29) is 11.7 Å². The lowest BCUT2D eigenvalue weighted by atomic mass is 10.1. The van der Waals surface area contributed by atoms with Crippen LogP contribution in [0, 0.1) is 11.2 Å². The highest BCUT2D eigenvalue weighted by Crippen LogP contribution is 2.24. The Kier molecular flexibility index (Phi) is 4.39. The van der Waals surface area contributed by atoms with Gasteiger partial charge in [0.2, 0.25) is 0 Å². The molecule has 2 aromatic rings. The molecule has 0 amide bonds. The molecular weight excluding hydrogens is 321 g/mol. The van der Waals surface area contributed by atoms with E-state index in [9.17, 15) is 4.39 Å². The second-order valence-electron chi connectivity index (χ2n) is 4.53. The summed E-state index contributed by atoms with van der Waals surface area (Å²) in [6.07, 6.45) is 0. The van der Waals surface area contributed by atoms with E-state index in [4.69, 9.17) is 11.1 Å². The van der Waals surface area contributed by atoms with E-state index >= 15 is 0 Å². The molecule has 0 saturated carbocycles. The highest BCUT2D eigenvalue weighted by molar-refractivity contribution is 9.10. The number of benzene rings is 2. The van der Waals surface area contributed by atoms with Crippen molar-refractivity contribution in [3.8, 4) is 0 Å². The van der Waals surface area contributed by atoms with E-state index < -0.39 is 0 Å². The molecule has 20 heavy (non-hydrogen) atoms. The Morgan fingerprint density at radius 1 is 1.30 bits per heavy atom. The summed E-state index contributed by atoms with van der Waals surface area (Å²) in [6, 6.07) is 12.4. The number of halogens is 2. The molecule has 0 atom stereocenters. The molecule has 5 heteroatoms. The number of anilines is 1. The second kappa shape index (κ2) is 6.05. The van der Waals surface area contributed by atoms with Crippen molar-refractivity contribution in [3.05, 3.63) is 63.9 Å². The lowest BCUT2D eigenvalue weighted by molar-refractivity contribution is 0.617. The van der Waals surface area contributed by atoms with Gasteiger partial charge < -0.3 is 10.6 Å². The molecular formula is C15H15BrFN3. The van der Waals surface area contributed by atoms with Crippen molar-refractivity contribution >= 4 is 27.5 Å². The average molecular weight is 336 g/mol. The molecule has 0 bridgehead atoms. The molecule has 0 aromatic heterocycles. The van der Waals surface area contributed by atoms with Gasteiger partial charge in [-0.2, -0.15) is 0 Å². The smallest absolute Gasteiger partial charge is 0.137 e. The van der Waals surface area contributed by atoms with Crippen LogP contribution in [0.2, 0.25) is 0 Å². The van der Waals surface area contributed by atoms with Crippen LogP contribution in [-0.4, -0.2) is 12.9 Å². The fourth-order valence-electron chi connectivity index (χ4n) is 1.93. The van der Waals surface area contributed by atoms with Crippen molar-refractivity contribution in [2.75, 3.05) is 11.9 Å². The first-order valence-corrected chi connectivity index (χ1v) is 6.87. The summed E-state index contributed by atoms with van der Waals surface area (Å²) in [4.78, 5) is 1.98. The van der Waals surface area contributed by atoms with Gasteiger partial charge in [-0.1, -0.05) is 24.3 Å². The molecule has 2 rings (SSSR count). The van der Waals surface area contributed by atoms with Crippen LogP contribution >= 0.6 is 15.9 Å². The number of amidine groups is 1. The van der Waals surface area contributed by atoms with Crippen LogP contribution in [0.4, 0.5) is 10.1 Å². The molecule has 0 heterocycles. The van der Waals surface area contributed by atoms with Gasteiger partial charge in [0.1, 0.15) is 11.7 Å². The Bertz CT molecular complexity index is 643. The molecule has 0 saturated heterocycles. The van der Waals surface area contributed by atoms with E-state index in [1.807, 2.05) is 36.2 Å². The van der Waals surface area contributed by atoms with Crippen LogP contribution in [0.3, 0.4) is 0 Å². The summed E-state index contributed by atoms with van der Waals surface area (Å²) >= 11 is 3.26. The third kappa shape index (κ3) is 3.17. The minimum atomic E-state index is -0.270. The molecule has 0 aliphatic carbocycles. The van der Waals surface area contributed by atoms with Crippen LogP contribution in [0.5, 0.6) is 0 Å². The first-order chi connectivity index (χ1) is 9.49. The molecule has 2 aromatic carbocycles. The number of nitrogens with two attached hydrogens (primary N) is 1.